The Hall–Kier alpha value is -3.93. The fourth-order valence-corrected chi connectivity index (χ4v) is 3.39. The van der Waals surface area contributed by atoms with Crippen molar-refractivity contribution >= 4 is 22.7 Å². The van der Waals surface area contributed by atoms with Crippen LogP contribution in [-0.2, 0) is 4.74 Å². The average molecular weight is 399 g/mol. The van der Waals surface area contributed by atoms with Crippen LogP contribution in [-0.4, -0.2) is 28.2 Å². The minimum absolute atomic E-state index is 0.113. The standard InChI is InChI=1S/C24H21N3O3/c1-15-6-7-17-12-13-19(23(28)22(17)26-15)21(27-20-5-3-4-14-25-20)16-8-10-18(11-9-16)24(29)30-2/h3-14,21,28H,1-2H3,(H,25,27)/t21-/m0/s1. The summed E-state index contributed by atoms with van der Waals surface area (Å²) < 4.78 is 4.78. The third-order valence-corrected chi connectivity index (χ3v) is 4.94. The van der Waals surface area contributed by atoms with E-state index in [1.807, 2.05) is 61.5 Å². The van der Waals surface area contributed by atoms with Gasteiger partial charge in [-0.15, -0.1) is 0 Å². The molecule has 0 aliphatic heterocycles. The van der Waals surface area contributed by atoms with E-state index in [4.69, 9.17) is 4.74 Å². The summed E-state index contributed by atoms with van der Waals surface area (Å²) in [6.07, 6.45) is 1.70. The number of nitrogens with one attached hydrogen (secondary N) is 1. The van der Waals surface area contributed by atoms with Crippen molar-refractivity contribution in [2.45, 2.75) is 13.0 Å². The van der Waals surface area contributed by atoms with Crippen LogP contribution in [0.15, 0.2) is 72.9 Å². The molecule has 6 nitrogen and oxygen atoms in total. The van der Waals surface area contributed by atoms with Gasteiger partial charge in [0.2, 0.25) is 0 Å². The number of hydrogen-bond donors (Lipinski definition) is 2. The molecule has 0 aliphatic rings. The summed E-state index contributed by atoms with van der Waals surface area (Å²) >= 11 is 0. The first-order chi connectivity index (χ1) is 14.6. The first kappa shape index (κ1) is 19.4. The fourth-order valence-electron chi connectivity index (χ4n) is 3.39. The zero-order valence-electron chi connectivity index (χ0n) is 16.7. The van der Waals surface area contributed by atoms with Crippen LogP contribution < -0.4 is 5.32 Å². The van der Waals surface area contributed by atoms with Gasteiger partial charge in [-0.1, -0.05) is 36.4 Å². The lowest BCUT2D eigenvalue weighted by molar-refractivity contribution is 0.0600. The topological polar surface area (TPSA) is 84.3 Å². The van der Waals surface area contributed by atoms with Gasteiger partial charge in [0.15, 0.2) is 0 Å². The summed E-state index contributed by atoms with van der Waals surface area (Å²) in [6.45, 7) is 1.89. The van der Waals surface area contributed by atoms with Crippen molar-refractivity contribution in [3.05, 3.63) is 95.3 Å². The van der Waals surface area contributed by atoms with E-state index in [2.05, 4.69) is 15.3 Å². The number of methoxy groups -OCH3 is 1. The van der Waals surface area contributed by atoms with Crippen LogP contribution in [0.4, 0.5) is 5.82 Å². The number of carbonyl (C=O) groups excluding carboxylic acids is 1. The molecule has 0 amide bonds. The van der Waals surface area contributed by atoms with Crippen LogP contribution in [0.25, 0.3) is 10.9 Å². The number of benzene rings is 2. The summed E-state index contributed by atoms with van der Waals surface area (Å²) in [5.41, 5.74) is 3.35. The predicted molar refractivity (Wildman–Crippen MR) is 116 cm³/mol. The molecule has 30 heavy (non-hydrogen) atoms. The second-order valence-electron chi connectivity index (χ2n) is 6.93. The molecule has 2 heterocycles. The van der Waals surface area contributed by atoms with E-state index in [9.17, 15) is 9.90 Å². The van der Waals surface area contributed by atoms with Gasteiger partial charge in [0.25, 0.3) is 0 Å². The van der Waals surface area contributed by atoms with Gasteiger partial charge in [0.1, 0.15) is 17.1 Å². The molecule has 0 fully saturated rings. The van der Waals surface area contributed by atoms with E-state index in [0.717, 1.165) is 16.6 Å². The van der Waals surface area contributed by atoms with E-state index >= 15 is 0 Å². The molecule has 0 radical (unpaired) electrons. The Morgan fingerprint density at radius 2 is 1.80 bits per heavy atom. The van der Waals surface area contributed by atoms with Crippen molar-refractivity contribution in [3.63, 3.8) is 0 Å². The van der Waals surface area contributed by atoms with Crippen molar-refractivity contribution in [1.82, 2.24) is 9.97 Å². The number of nitrogens with zero attached hydrogens (tertiary/aromatic N) is 2. The number of aromatic hydroxyl groups is 1. The molecular formula is C24H21N3O3. The smallest absolute Gasteiger partial charge is 0.337 e. The highest BCUT2D eigenvalue weighted by Gasteiger charge is 2.21. The highest BCUT2D eigenvalue weighted by Crippen LogP contribution is 2.36. The molecule has 1 atom stereocenters. The van der Waals surface area contributed by atoms with E-state index < -0.39 is 12.0 Å². The van der Waals surface area contributed by atoms with Crippen LogP contribution >= 0.6 is 0 Å². The average Bonchev–Trinajstić information content (AvgIpc) is 2.79. The van der Waals surface area contributed by atoms with E-state index in [0.29, 0.717) is 22.5 Å². The molecule has 2 aromatic heterocycles. The Kier molecular flexibility index (Phi) is 5.30. The molecule has 6 heteroatoms. The van der Waals surface area contributed by atoms with Crippen LogP contribution in [0, 0.1) is 6.92 Å². The largest absolute Gasteiger partial charge is 0.505 e. The number of pyridine rings is 2. The highest BCUT2D eigenvalue weighted by molar-refractivity contribution is 5.89. The number of ether oxygens (including phenoxy) is 1. The van der Waals surface area contributed by atoms with Crippen molar-refractivity contribution in [1.29, 1.82) is 0 Å². The van der Waals surface area contributed by atoms with Gasteiger partial charge in [-0.25, -0.2) is 14.8 Å². The number of esters is 1. The maximum absolute atomic E-state index is 11.8. The number of aryl methyl sites for hydroxylation is 1. The van der Waals surface area contributed by atoms with Crippen molar-refractivity contribution in [3.8, 4) is 5.75 Å². The predicted octanol–water partition coefficient (Wildman–Crippen LogP) is 4.63. The SMILES string of the molecule is COC(=O)c1ccc([C@H](Nc2ccccn2)c2ccc3ccc(C)nc3c2O)cc1. The van der Waals surface area contributed by atoms with Gasteiger partial charge < -0.3 is 15.2 Å². The number of phenols is 1. The van der Waals surface area contributed by atoms with Crippen LogP contribution in [0.3, 0.4) is 0 Å². The normalized spacial score (nSPS) is 11.8. The summed E-state index contributed by atoms with van der Waals surface area (Å²) in [5, 5.41) is 15.3. The van der Waals surface area contributed by atoms with Crippen molar-refractivity contribution < 1.29 is 14.6 Å². The lowest BCUT2D eigenvalue weighted by atomic mass is 9.95. The molecule has 2 aromatic carbocycles. The van der Waals surface area contributed by atoms with Gasteiger partial charge in [0, 0.05) is 22.8 Å². The number of carbonyl (C=O) groups is 1. The maximum atomic E-state index is 11.8. The number of aromatic nitrogens is 2. The second kappa shape index (κ2) is 8.21. The van der Waals surface area contributed by atoms with Gasteiger partial charge in [-0.2, -0.15) is 0 Å². The number of anilines is 1. The van der Waals surface area contributed by atoms with Crippen LogP contribution in [0.5, 0.6) is 5.75 Å². The summed E-state index contributed by atoms with van der Waals surface area (Å²) in [6, 6.07) is 19.9. The molecule has 4 rings (SSSR count). The number of hydrogen-bond acceptors (Lipinski definition) is 6. The molecule has 2 N–H and O–H groups in total. The quantitative estimate of drug-likeness (QED) is 0.476. The molecule has 0 unspecified atom stereocenters. The molecular weight excluding hydrogens is 378 g/mol. The third kappa shape index (κ3) is 3.80. The van der Waals surface area contributed by atoms with Gasteiger partial charge in [0.05, 0.1) is 18.7 Å². The van der Waals surface area contributed by atoms with Gasteiger partial charge in [-0.05, 0) is 42.8 Å². The minimum atomic E-state index is -0.404. The first-order valence-corrected chi connectivity index (χ1v) is 9.52. The molecule has 0 saturated carbocycles. The molecule has 0 aliphatic carbocycles. The van der Waals surface area contributed by atoms with Crippen LogP contribution in [0.1, 0.15) is 33.2 Å². The summed E-state index contributed by atoms with van der Waals surface area (Å²) in [4.78, 5) is 20.7. The summed E-state index contributed by atoms with van der Waals surface area (Å²) in [5.74, 6) is 0.377. The highest BCUT2D eigenvalue weighted by atomic mass is 16.5. The molecule has 150 valence electrons. The van der Waals surface area contributed by atoms with Gasteiger partial charge >= 0.3 is 5.97 Å². The molecule has 0 spiro atoms. The minimum Gasteiger partial charge on any atom is -0.505 e. The zero-order chi connectivity index (χ0) is 21.1. The lowest BCUT2D eigenvalue weighted by Crippen LogP contribution is -2.14. The Morgan fingerprint density at radius 1 is 1.03 bits per heavy atom. The molecule has 4 aromatic rings. The van der Waals surface area contributed by atoms with Crippen molar-refractivity contribution in [2.24, 2.45) is 0 Å². The lowest BCUT2D eigenvalue weighted by Gasteiger charge is -2.22. The van der Waals surface area contributed by atoms with Crippen molar-refractivity contribution in [2.75, 3.05) is 12.4 Å². The summed E-state index contributed by atoms with van der Waals surface area (Å²) in [7, 11) is 1.35. The second-order valence-corrected chi connectivity index (χ2v) is 6.93. The number of phenolic OH excluding ortho intramolecular Hbond substituents is 1. The van der Waals surface area contributed by atoms with E-state index in [1.165, 1.54) is 7.11 Å². The third-order valence-electron chi connectivity index (χ3n) is 4.94. The molecule has 0 saturated heterocycles. The fraction of sp³-hybridized carbons (Fsp3) is 0.125. The van der Waals surface area contributed by atoms with Crippen LogP contribution in [0.2, 0.25) is 0 Å². The monoisotopic (exact) mass is 399 g/mol. The van der Waals surface area contributed by atoms with Gasteiger partial charge in [-0.3, -0.25) is 0 Å². The number of fused-ring (bicyclic) bond motifs is 1. The Balaban J connectivity index is 1.82. The van der Waals surface area contributed by atoms with E-state index in [-0.39, 0.29) is 5.75 Å². The Morgan fingerprint density at radius 3 is 2.50 bits per heavy atom. The number of rotatable bonds is 5. The Labute approximate surface area is 174 Å². The van der Waals surface area contributed by atoms with E-state index in [1.54, 1.807) is 18.3 Å². The Bertz CT molecular complexity index is 1190. The zero-order valence-corrected chi connectivity index (χ0v) is 16.7. The maximum Gasteiger partial charge on any atom is 0.337 e. The first-order valence-electron chi connectivity index (χ1n) is 9.52. The molecule has 0 bridgehead atoms.